The van der Waals surface area contributed by atoms with Crippen LogP contribution < -0.4 is 0 Å². The van der Waals surface area contributed by atoms with E-state index >= 15 is 0 Å². The van der Waals surface area contributed by atoms with E-state index in [1.54, 1.807) is 6.07 Å². The van der Waals surface area contributed by atoms with Crippen LogP contribution in [0.15, 0.2) is 4.99 Å². The average Bonchev–Trinajstić information content (AvgIpc) is 2.46. The topological polar surface area (TPSA) is 79.5 Å². The molecule has 1 unspecified atom stereocenters. The van der Waals surface area contributed by atoms with Gasteiger partial charge in [0.1, 0.15) is 5.54 Å². The van der Waals surface area contributed by atoms with Crippen LogP contribution in [0.3, 0.4) is 0 Å². The molecule has 0 aliphatic carbocycles. The van der Waals surface area contributed by atoms with Crippen molar-refractivity contribution in [3.05, 3.63) is 0 Å². The molecule has 0 saturated heterocycles. The van der Waals surface area contributed by atoms with Gasteiger partial charge in [0.25, 0.3) is 0 Å². The molecule has 90 valence electrons. The van der Waals surface area contributed by atoms with Crippen LogP contribution in [0.5, 0.6) is 0 Å². The number of rotatable bonds is 1. The van der Waals surface area contributed by atoms with Crippen LogP contribution in [0.2, 0.25) is 0 Å². The van der Waals surface area contributed by atoms with Crippen LogP contribution in [-0.4, -0.2) is 25.4 Å². The number of aliphatic imine (C=N–C) groups is 1. The molecule has 0 aromatic carbocycles. The molecule has 1 aliphatic heterocycles. The molecular formula is C7H7F3N2O3S. The molecule has 0 saturated carbocycles. The largest absolute Gasteiger partial charge is 0.534 e. The van der Waals surface area contributed by atoms with E-state index in [1.165, 1.54) is 6.92 Å². The smallest absolute Gasteiger partial charge is 0.360 e. The summed E-state index contributed by atoms with van der Waals surface area (Å²) < 4.78 is 60.8. The Labute approximate surface area is 89.7 Å². The van der Waals surface area contributed by atoms with Gasteiger partial charge in [-0.2, -0.15) is 26.9 Å². The molecule has 0 aromatic heterocycles. The number of halogens is 3. The van der Waals surface area contributed by atoms with Crippen LogP contribution in [0.4, 0.5) is 13.2 Å². The lowest BCUT2D eigenvalue weighted by atomic mass is 10.0. The van der Waals surface area contributed by atoms with Crippen LogP contribution in [0.1, 0.15) is 19.8 Å². The van der Waals surface area contributed by atoms with Gasteiger partial charge in [-0.25, -0.2) is 4.99 Å². The lowest BCUT2D eigenvalue weighted by molar-refractivity contribution is -0.0505. The number of hydrogen-bond acceptors (Lipinski definition) is 5. The fraction of sp³-hybridized carbons (Fsp3) is 0.714. The summed E-state index contributed by atoms with van der Waals surface area (Å²) in [6.07, 6.45) is 0.0194. The molecule has 0 bridgehead atoms. The fourth-order valence-corrected chi connectivity index (χ4v) is 1.52. The maximum absolute atomic E-state index is 11.9. The average molecular weight is 256 g/mol. The Morgan fingerprint density at radius 3 is 2.50 bits per heavy atom. The summed E-state index contributed by atoms with van der Waals surface area (Å²) in [6.45, 7) is 1.38. The van der Waals surface area contributed by atoms with Gasteiger partial charge >= 0.3 is 15.6 Å². The second kappa shape index (κ2) is 3.62. The van der Waals surface area contributed by atoms with Gasteiger partial charge < -0.3 is 4.18 Å². The highest BCUT2D eigenvalue weighted by Crippen LogP contribution is 2.30. The van der Waals surface area contributed by atoms with Gasteiger partial charge in [0.15, 0.2) is 0 Å². The molecule has 1 heterocycles. The van der Waals surface area contributed by atoms with E-state index in [1.807, 2.05) is 0 Å². The maximum atomic E-state index is 11.9. The van der Waals surface area contributed by atoms with Crippen molar-refractivity contribution in [3.8, 4) is 6.07 Å². The fourth-order valence-electron chi connectivity index (χ4n) is 1.05. The first-order chi connectivity index (χ1) is 7.10. The Kier molecular flexibility index (Phi) is 2.89. The molecule has 0 radical (unpaired) electrons. The van der Waals surface area contributed by atoms with Gasteiger partial charge in [0, 0.05) is 6.42 Å². The zero-order valence-corrected chi connectivity index (χ0v) is 8.89. The van der Waals surface area contributed by atoms with Crippen molar-refractivity contribution >= 4 is 16.0 Å². The van der Waals surface area contributed by atoms with E-state index < -0.39 is 27.1 Å². The van der Waals surface area contributed by atoms with Crippen molar-refractivity contribution in [2.45, 2.75) is 30.8 Å². The molecule has 16 heavy (non-hydrogen) atoms. The number of nitrogens with zero attached hydrogens (tertiary/aromatic N) is 2. The monoisotopic (exact) mass is 256 g/mol. The summed E-state index contributed by atoms with van der Waals surface area (Å²) in [5, 5.41) is 8.62. The minimum atomic E-state index is -5.68. The first-order valence-corrected chi connectivity index (χ1v) is 5.51. The van der Waals surface area contributed by atoms with Crippen LogP contribution in [0.25, 0.3) is 0 Å². The Morgan fingerprint density at radius 1 is 1.56 bits per heavy atom. The summed E-state index contributed by atoms with van der Waals surface area (Å²) in [6, 6.07) is 1.75. The quantitative estimate of drug-likeness (QED) is 0.523. The highest BCUT2D eigenvalue weighted by atomic mass is 32.2. The van der Waals surface area contributed by atoms with Crippen molar-refractivity contribution in [1.29, 1.82) is 5.26 Å². The lowest BCUT2D eigenvalue weighted by Crippen LogP contribution is -2.27. The third-order valence-corrected chi connectivity index (χ3v) is 2.91. The molecule has 1 rings (SSSR count). The van der Waals surface area contributed by atoms with E-state index in [0.717, 1.165) is 0 Å². The molecule has 0 fully saturated rings. The highest BCUT2D eigenvalue weighted by Gasteiger charge is 2.50. The van der Waals surface area contributed by atoms with Gasteiger partial charge in [-0.05, 0) is 13.3 Å². The van der Waals surface area contributed by atoms with Gasteiger partial charge in [-0.15, -0.1) is 0 Å². The lowest BCUT2D eigenvalue weighted by Gasteiger charge is -2.08. The molecule has 0 spiro atoms. The molecule has 1 aliphatic rings. The summed E-state index contributed by atoms with van der Waals surface area (Å²) in [4.78, 5) is 3.49. The van der Waals surface area contributed by atoms with Crippen molar-refractivity contribution in [1.82, 2.24) is 0 Å². The van der Waals surface area contributed by atoms with Gasteiger partial charge in [0.05, 0.1) is 6.07 Å². The Balaban J connectivity index is 2.88. The van der Waals surface area contributed by atoms with Crippen LogP contribution >= 0.6 is 0 Å². The Morgan fingerprint density at radius 2 is 2.12 bits per heavy atom. The predicted molar refractivity (Wildman–Crippen MR) is 46.7 cm³/mol. The minimum Gasteiger partial charge on any atom is -0.360 e. The van der Waals surface area contributed by atoms with Crippen molar-refractivity contribution in [2.75, 3.05) is 0 Å². The van der Waals surface area contributed by atoms with E-state index in [4.69, 9.17) is 5.26 Å². The first-order valence-electron chi connectivity index (χ1n) is 4.10. The number of nitriles is 1. The molecule has 5 nitrogen and oxygen atoms in total. The SMILES string of the molecule is CC1(C#N)CCC(OS(=O)(=O)C(F)(F)F)=N1. The second-order valence-electron chi connectivity index (χ2n) is 3.37. The molecule has 0 amide bonds. The maximum Gasteiger partial charge on any atom is 0.534 e. The van der Waals surface area contributed by atoms with Crippen LogP contribution in [-0.2, 0) is 14.3 Å². The predicted octanol–water partition coefficient (Wildman–Crippen LogP) is 1.33. The molecule has 0 aromatic rings. The molecule has 9 heteroatoms. The highest BCUT2D eigenvalue weighted by molar-refractivity contribution is 7.88. The van der Waals surface area contributed by atoms with Gasteiger partial charge in [-0.1, -0.05) is 0 Å². The summed E-state index contributed by atoms with van der Waals surface area (Å²) >= 11 is 0. The number of alkyl halides is 3. The van der Waals surface area contributed by atoms with Crippen molar-refractivity contribution in [2.24, 2.45) is 4.99 Å². The zero-order valence-electron chi connectivity index (χ0n) is 8.08. The van der Waals surface area contributed by atoms with Gasteiger partial charge in [-0.3, -0.25) is 0 Å². The third kappa shape index (κ3) is 2.44. The van der Waals surface area contributed by atoms with Crippen molar-refractivity contribution in [3.63, 3.8) is 0 Å². The molecular weight excluding hydrogens is 249 g/mol. The molecule has 1 atom stereocenters. The summed E-state index contributed by atoms with van der Waals surface area (Å²) in [7, 11) is -5.68. The summed E-state index contributed by atoms with van der Waals surface area (Å²) in [5.41, 5.74) is -6.70. The minimum absolute atomic E-state index is 0.112. The third-order valence-electron chi connectivity index (χ3n) is 1.93. The first kappa shape index (κ1) is 12.8. The van der Waals surface area contributed by atoms with Gasteiger partial charge in [0.2, 0.25) is 5.90 Å². The zero-order chi connectivity index (χ0) is 12.6. The van der Waals surface area contributed by atoms with E-state index in [2.05, 4.69) is 9.18 Å². The standard InChI is InChI=1S/C7H7F3N2O3S/c1-6(4-11)3-2-5(12-6)15-16(13,14)7(8,9)10/h2-3H2,1H3. The normalized spacial score (nSPS) is 26.1. The number of hydrogen-bond donors (Lipinski definition) is 0. The van der Waals surface area contributed by atoms with Crippen LogP contribution in [0, 0.1) is 11.3 Å². The Hall–Kier alpha value is -1.30. The molecule has 0 N–H and O–H groups in total. The summed E-state index contributed by atoms with van der Waals surface area (Å²) in [5.74, 6) is -0.582. The van der Waals surface area contributed by atoms with E-state index in [9.17, 15) is 21.6 Å². The second-order valence-corrected chi connectivity index (χ2v) is 4.91. The van der Waals surface area contributed by atoms with Crippen molar-refractivity contribution < 1.29 is 25.8 Å². The van der Waals surface area contributed by atoms with E-state index in [0.29, 0.717) is 0 Å². The Bertz CT molecular complexity index is 462. The van der Waals surface area contributed by atoms with E-state index in [-0.39, 0.29) is 12.8 Å².